The SMILES string of the molecule is CCN(CC)C(=O)N1CCC(COc2ccccc2)CC1. The van der Waals surface area contributed by atoms with Crippen LogP contribution in [0.5, 0.6) is 5.75 Å². The fraction of sp³-hybridized carbons (Fsp3) is 0.588. The minimum absolute atomic E-state index is 0.183. The third-order valence-corrected chi connectivity index (χ3v) is 4.15. The average molecular weight is 290 g/mol. The van der Waals surface area contributed by atoms with Crippen molar-refractivity contribution in [3.05, 3.63) is 30.3 Å². The Morgan fingerprint density at radius 3 is 2.38 bits per heavy atom. The Bertz CT molecular complexity index is 424. The van der Waals surface area contributed by atoms with Crippen LogP contribution in [0.2, 0.25) is 0 Å². The molecule has 1 aliphatic heterocycles. The Morgan fingerprint density at radius 1 is 1.19 bits per heavy atom. The van der Waals surface area contributed by atoms with Crippen molar-refractivity contribution in [1.82, 2.24) is 9.80 Å². The fourth-order valence-electron chi connectivity index (χ4n) is 2.72. The molecule has 4 heteroatoms. The molecular weight excluding hydrogens is 264 g/mol. The van der Waals surface area contributed by atoms with Crippen LogP contribution in [0.15, 0.2) is 30.3 Å². The van der Waals surface area contributed by atoms with Gasteiger partial charge in [0.05, 0.1) is 6.61 Å². The van der Waals surface area contributed by atoms with Crippen LogP contribution in [0.25, 0.3) is 0 Å². The molecule has 0 aromatic heterocycles. The van der Waals surface area contributed by atoms with Gasteiger partial charge in [-0.15, -0.1) is 0 Å². The summed E-state index contributed by atoms with van der Waals surface area (Å²) >= 11 is 0. The second-order valence-corrected chi connectivity index (χ2v) is 5.51. The lowest BCUT2D eigenvalue weighted by Gasteiger charge is -2.35. The second-order valence-electron chi connectivity index (χ2n) is 5.51. The molecule has 1 heterocycles. The van der Waals surface area contributed by atoms with Crippen molar-refractivity contribution in [1.29, 1.82) is 0 Å². The summed E-state index contributed by atoms with van der Waals surface area (Å²) in [5.74, 6) is 1.48. The van der Waals surface area contributed by atoms with Crippen molar-refractivity contribution < 1.29 is 9.53 Å². The van der Waals surface area contributed by atoms with Crippen LogP contribution in [0.4, 0.5) is 4.79 Å². The Balaban J connectivity index is 1.74. The number of benzene rings is 1. The third-order valence-electron chi connectivity index (χ3n) is 4.15. The summed E-state index contributed by atoms with van der Waals surface area (Å²) in [5.41, 5.74) is 0. The molecule has 4 nitrogen and oxygen atoms in total. The first kappa shape index (κ1) is 15.7. The van der Waals surface area contributed by atoms with E-state index in [0.29, 0.717) is 5.92 Å². The summed E-state index contributed by atoms with van der Waals surface area (Å²) in [7, 11) is 0. The van der Waals surface area contributed by atoms with Gasteiger partial charge in [0.1, 0.15) is 5.75 Å². The van der Waals surface area contributed by atoms with Crippen molar-refractivity contribution in [2.24, 2.45) is 5.92 Å². The normalized spacial score (nSPS) is 15.8. The van der Waals surface area contributed by atoms with Gasteiger partial charge in [0.25, 0.3) is 0 Å². The summed E-state index contributed by atoms with van der Waals surface area (Å²) < 4.78 is 5.82. The van der Waals surface area contributed by atoms with Crippen LogP contribution in [-0.2, 0) is 0 Å². The van der Waals surface area contributed by atoms with E-state index in [2.05, 4.69) is 0 Å². The maximum Gasteiger partial charge on any atom is 0.319 e. The van der Waals surface area contributed by atoms with Crippen LogP contribution in [0, 0.1) is 5.92 Å². The van der Waals surface area contributed by atoms with Crippen molar-refractivity contribution in [2.45, 2.75) is 26.7 Å². The van der Waals surface area contributed by atoms with Crippen LogP contribution in [0.1, 0.15) is 26.7 Å². The molecule has 1 aromatic carbocycles. The summed E-state index contributed by atoms with van der Waals surface area (Å²) in [4.78, 5) is 16.1. The third kappa shape index (κ3) is 4.38. The van der Waals surface area contributed by atoms with E-state index in [1.807, 2.05) is 54.0 Å². The van der Waals surface area contributed by atoms with E-state index in [9.17, 15) is 4.79 Å². The molecule has 0 unspecified atom stereocenters. The van der Waals surface area contributed by atoms with Crippen LogP contribution < -0.4 is 4.74 Å². The van der Waals surface area contributed by atoms with Crippen LogP contribution in [0.3, 0.4) is 0 Å². The molecule has 1 aliphatic rings. The van der Waals surface area contributed by atoms with E-state index in [0.717, 1.165) is 51.4 Å². The molecule has 116 valence electrons. The van der Waals surface area contributed by atoms with Crippen molar-refractivity contribution in [3.63, 3.8) is 0 Å². The lowest BCUT2D eigenvalue weighted by atomic mass is 9.98. The smallest absolute Gasteiger partial charge is 0.319 e. The Morgan fingerprint density at radius 2 is 1.81 bits per heavy atom. The average Bonchev–Trinajstić information content (AvgIpc) is 2.55. The van der Waals surface area contributed by atoms with Crippen LogP contribution in [-0.4, -0.2) is 48.6 Å². The molecule has 0 saturated carbocycles. The monoisotopic (exact) mass is 290 g/mol. The number of likely N-dealkylation sites (tertiary alicyclic amines) is 1. The van der Waals surface area contributed by atoms with Gasteiger partial charge < -0.3 is 14.5 Å². The topological polar surface area (TPSA) is 32.8 Å². The van der Waals surface area contributed by atoms with Gasteiger partial charge >= 0.3 is 6.03 Å². The molecular formula is C17H26N2O2. The van der Waals surface area contributed by atoms with Gasteiger partial charge in [0, 0.05) is 26.2 Å². The molecule has 1 aromatic rings. The number of urea groups is 1. The summed E-state index contributed by atoms with van der Waals surface area (Å²) in [6.45, 7) is 8.07. The van der Waals surface area contributed by atoms with E-state index in [1.165, 1.54) is 0 Å². The predicted octanol–water partition coefficient (Wildman–Crippen LogP) is 3.24. The minimum atomic E-state index is 0.183. The van der Waals surface area contributed by atoms with Gasteiger partial charge in [-0.05, 0) is 44.7 Å². The first-order chi connectivity index (χ1) is 10.2. The molecule has 0 spiro atoms. The number of para-hydroxylation sites is 1. The van der Waals surface area contributed by atoms with E-state index >= 15 is 0 Å². The molecule has 1 saturated heterocycles. The number of rotatable bonds is 5. The summed E-state index contributed by atoms with van der Waals surface area (Å²) in [6.07, 6.45) is 2.06. The van der Waals surface area contributed by atoms with Crippen molar-refractivity contribution >= 4 is 6.03 Å². The lowest BCUT2D eigenvalue weighted by Crippen LogP contribution is -2.47. The summed E-state index contributed by atoms with van der Waals surface area (Å²) in [5, 5.41) is 0. The van der Waals surface area contributed by atoms with Gasteiger partial charge in [0.2, 0.25) is 0 Å². The Hall–Kier alpha value is -1.71. The molecule has 2 amide bonds. The number of hydrogen-bond donors (Lipinski definition) is 0. The number of carbonyl (C=O) groups is 1. The predicted molar refractivity (Wildman–Crippen MR) is 84.6 cm³/mol. The maximum atomic E-state index is 12.3. The van der Waals surface area contributed by atoms with E-state index in [-0.39, 0.29) is 6.03 Å². The van der Waals surface area contributed by atoms with E-state index < -0.39 is 0 Å². The first-order valence-corrected chi connectivity index (χ1v) is 7.96. The number of ether oxygens (including phenoxy) is 1. The lowest BCUT2D eigenvalue weighted by molar-refractivity contribution is 0.121. The van der Waals surface area contributed by atoms with Gasteiger partial charge in [0.15, 0.2) is 0 Å². The molecule has 1 fully saturated rings. The Labute approximate surface area is 127 Å². The number of carbonyl (C=O) groups excluding carboxylic acids is 1. The van der Waals surface area contributed by atoms with E-state index in [1.54, 1.807) is 0 Å². The summed E-state index contributed by atoms with van der Waals surface area (Å²) in [6, 6.07) is 10.1. The molecule has 2 rings (SSSR count). The molecule has 0 bridgehead atoms. The molecule has 0 aliphatic carbocycles. The number of piperidine rings is 1. The van der Waals surface area contributed by atoms with E-state index in [4.69, 9.17) is 4.74 Å². The van der Waals surface area contributed by atoms with Crippen molar-refractivity contribution in [3.8, 4) is 5.75 Å². The van der Waals surface area contributed by atoms with Crippen molar-refractivity contribution in [2.75, 3.05) is 32.8 Å². The van der Waals surface area contributed by atoms with Gasteiger partial charge in [-0.25, -0.2) is 4.79 Å². The fourth-order valence-corrected chi connectivity index (χ4v) is 2.72. The van der Waals surface area contributed by atoms with Gasteiger partial charge in [-0.3, -0.25) is 0 Å². The molecule has 0 N–H and O–H groups in total. The quantitative estimate of drug-likeness (QED) is 0.834. The molecule has 0 radical (unpaired) electrons. The van der Waals surface area contributed by atoms with Gasteiger partial charge in [-0.2, -0.15) is 0 Å². The zero-order valence-corrected chi connectivity index (χ0v) is 13.1. The number of amides is 2. The first-order valence-electron chi connectivity index (χ1n) is 7.96. The largest absolute Gasteiger partial charge is 0.493 e. The minimum Gasteiger partial charge on any atom is -0.493 e. The highest BCUT2D eigenvalue weighted by atomic mass is 16.5. The number of nitrogens with zero attached hydrogens (tertiary/aromatic N) is 2. The highest BCUT2D eigenvalue weighted by Gasteiger charge is 2.25. The number of hydrogen-bond acceptors (Lipinski definition) is 2. The Kier molecular flexibility index (Phi) is 5.90. The standard InChI is InChI=1S/C17H26N2O2/c1-3-18(4-2)17(20)19-12-10-15(11-13-19)14-21-16-8-6-5-7-9-16/h5-9,15H,3-4,10-14H2,1-2H3. The maximum absolute atomic E-state index is 12.3. The van der Waals surface area contributed by atoms with Crippen LogP contribution >= 0.6 is 0 Å². The highest BCUT2D eigenvalue weighted by molar-refractivity contribution is 5.74. The molecule has 0 atom stereocenters. The second kappa shape index (κ2) is 7.91. The molecule has 21 heavy (non-hydrogen) atoms. The highest BCUT2D eigenvalue weighted by Crippen LogP contribution is 2.20. The van der Waals surface area contributed by atoms with Gasteiger partial charge in [-0.1, -0.05) is 18.2 Å². The zero-order valence-electron chi connectivity index (χ0n) is 13.1. The zero-order chi connectivity index (χ0) is 15.1.